The fraction of sp³-hybridized carbons (Fsp3) is 0.565. The molecule has 2 N–H and O–H groups in total. The largest absolute Gasteiger partial charge is 0.459 e. The molecule has 4 atom stereocenters. The fourth-order valence-corrected chi connectivity index (χ4v) is 5.52. The first kappa shape index (κ1) is 21.5. The molecule has 0 unspecified atom stereocenters. The number of ether oxygens (including phenoxy) is 2. The van der Waals surface area contributed by atoms with Gasteiger partial charge in [-0.1, -0.05) is 57.6 Å². The summed E-state index contributed by atoms with van der Waals surface area (Å²) >= 11 is 0. The number of aliphatic hydroxyl groups is 2. The number of carbonyl (C=O) groups excluding carboxylic acids is 2. The molecule has 0 aromatic rings. The highest BCUT2D eigenvalue weighted by Gasteiger charge is 2.69. The van der Waals surface area contributed by atoms with E-state index in [2.05, 4.69) is 13.8 Å². The Balaban J connectivity index is 1.88. The monoisotopic (exact) mass is 402 g/mol. The second kappa shape index (κ2) is 7.92. The first-order valence-electron chi connectivity index (χ1n) is 10.1. The number of esters is 2. The van der Waals surface area contributed by atoms with Crippen LogP contribution in [-0.4, -0.2) is 47.1 Å². The fourth-order valence-electron chi connectivity index (χ4n) is 5.52. The molecule has 2 aliphatic carbocycles. The molecular formula is C23H30O6. The van der Waals surface area contributed by atoms with E-state index in [0.717, 1.165) is 12.8 Å². The third-order valence-electron chi connectivity index (χ3n) is 6.74. The minimum absolute atomic E-state index is 0.0297. The third-order valence-corrected chi connectivity index (χ3v) is 6.74. The number of rotatable bonds is 5. The summed E-state index contributed by atoms with van der Waals surface area (Å²) in [6, 6.07) is 0. The summed E-state index contributed by atoms with van der Waals surface area (Å²) in [5.74, 6) is -1.30. The van der Waals surface area contributed by atoms with Crippen LogP contribution in [0.3, 0.4) is 0 Å². The Kier molecular flexibility index (Phi) is 5.88. The summed E-state index contributed by atoms with van der Waals surface area (Å²) in [7, 11) is 0. The molecule has 1 heterocycles. The van der Waals surface area contributed by atoms with Crippen molar-refractivity contribution in [3.8, 4) is 0 Å². The standard InChI is InChI=1S/C23H30O6/c1-21(2)11-9-12-22(3)19(21)17(14-16-15-28-20(26)23(16,22)27)29-18(25)10-7-5-4-6-8-13-24/h4-8,10,14,17,19,24,27H,9,11-13,15H2,1-3H3/b5-4+,8-6+,10-7+/t17-,19-,22+,23+/m1/s1. The van der Waals surface area contributed by atoms with E-state index in [-0.39, 0.29) is 24.5 Å². The second-order valence-corrected chi connectivity index (χ2v) is 8.97. The van der Waals surface area contributed by atoms with E-state index in [9.17, 15) is 14.7 Å². The van der Waals surface area contributed by atoms with Crippen molar-refractivity contribution < 1.29 is 29.3 Å². The van der Waals surface area contributed by atoms with Crippen LogP contribution in [0.15, 0.2) is 48.1 Å². The molecule has 0 spiro atoms. The average molecular weight is 402 g/mol. The molecule has 6 heteroatoms. The van der Waals surface area contributed by atoms with Crippen molar-refractivity contribution in [2.24, 2.45) is 16.7 Å². The van der Waals surface area contributed by atoms with Gasteiger partial charge in [0.2, 0.25) is 0 Å². The van der Waals surface area contributed by atoms with Crippen molar-refractivity contribution in [3.05, 3.63) is 48.1 Å². The highest BCUT2D eigenvalue weighted by atomic mass is 16.6. The highest BCUT2D eigenvalue weighted by molar-refractivity contribution is 5.88. The van der Waals surface area contributed by atoms with E-state index in [1.807, 2.05) is 6.92 Å². The van der Waals surface area contributed by atoms with Gasteiger partial charge in [0.05, 0.1) is 6.61 Å². The molecule has 2 fully saturated rings. The van der Waals surface area contributed by atoms with Crippen molar-refractivity contribution in [2.45, 2.75) is 51.7 Å². The Morgan fingerprint density at radius 1 is 1.24 bits per heavy atom. The van der Waals surface area contributed by atoms with Crippen LogP contribution in [0.25, 0.3) is 0 Å². The molecule has 0 amide bonds. The minimum atomic E-state index is -1.66. The zero-order valence-corrected chi connectivity index (χ0v) is 17.3. The Morgan fingerprint density at radius 3 is 2.69 bits per heavy atom. The first-order valence-corrected chi connectivity index (χ1v) is 10.1. The maximum atomic E-state index is 12.5. The lowest BCUT2D eigenvalue weighted by Crippen LogP contribution is -2.65. The number of aliphatic hydroxyl groups excluding tert-OH is 1. The van der Waals surface area contributed by atoms with Crippen LogP contribution in [0.4, 0.5) is 0 Å². The number of fused-ring (bicyclic) bond motifs is 3. The van der Waals surface area contributed by atoms with Gasteiger partial charge in [-0.15, -0.1) is 0 Å². The molecule has 29 heavy (non-hydrogen) atoms. The van der Waals surface area contributed by atoms with Crippen LogP contribution in [0.5, 0.6) is 0 Å². The van der Waals surface area contributed by atoms with Gasteiger partial charge in [0, 0.05) is 23.0 Å². The van der Waals surface area contributed by atoms with Crippen LogP contribution in [-0.2, 0) is 19.1 Å². The van der Waals surface area contributed by atoms with Crippen molar-refractivity contribution >= 4 is 11.9 Å². The van der Waals surface area contributed by atoms with Crippen LogP contribution in [0.2, 0.25) is 0 Å². The summed E-state index contributed by atoms with van der Waals surface area (Å²) in [4.78, 5) is 25.0. The number of carbonyl (C=O) groups is 2. The molecule has 3 rings (SSSR count). The van der Waals surface area contributed by atoms with Gasteiger partial charge in [-0.2, -0.15) is 0 Å². The topological polar surface area (TPSA) is 93.1 Å². The van der Waals surface area contributed by atoms with Gasteiger partial charge in [0.25, 0.3) is 0 Å². The lowest BCUT2D eigenvalue weighted by atomic mass is 9.46. The molecule has 158 valence electrons. The van der Waals surface area contributed by atoms with E-state index >= 15 is 0 Å². The molecule has 3 aliphatic rings. The van der Waals surface area contributed by atoms with Crippen molar-refractivity contribution in [3.63, 3.8) is 0 Å². The lowest BCUT2D eigenvalue weighted by molar-refractivity contribution is -0.194. The van der Waals surface area contributed by atoms with Gasteiger partial charge in [-0.25, -0.2) is 9.59 Å². The predicted molar refractivity (Wildman–Crippen MR) is 108 cm³/mol. The Morgan fingerprint density at radius 2 is 1.97 bits per heavy atom. The normalized spacial score (nSPS) is 36.2. The molecule has 0 radical (unpaired) electrons. The minimum Gasteiger partial charge on any atom is -0.459 e. The van der Waals surface area contributed by atoms with Crippen LogP contribution < -0.4 is 0 Å². The Bertz CT molecular complexity index is 789. The van der Waals surface area contributed by atoms with E-state index < -0.39 is 29.1 Å². The Labute approximate surface area is 171 Å². The third kappa shape index (κ3) is 3.60. The van der Waals surface area contributed by atoms with E-state index in [4.69, 9.17) is 14.6 Å². The lowest BCUT2D eigenvalue weighted by Gasteiger charge is -2.59. The van der Waals surface area contributed by atoms with Crippen LogP contribution >= 0.6 is 0 Å². The maximum absolute atomic E-state index is 12.5. The van der Waals surface area contributed by atoms with Crippen LogP contribution in [0.1, 0.15) is 40.0 Å². The smallest absolute Gasteiger partial charge is 0.343 e. The molecule has 1 saturated carbocycles. The summed E-state index contributed by atoms with van der Waals surface area (Å²) in [6.07, 6.45) is 13.2. The number of cyclic esters (lactones) is 1. The number of hydrogen-bond acceptors (Lipinski definition) is 6. The van der Waals surface area contributed by atoms with Gasteiger partial charge < -0.3 is 19.7 Å². The SMILES string of the molecule is CC1(C)CCC[C@@]2(C)[C@@H]1[C@H](OC(=O)/C=C/C=C/C=C/CO)C=C1COC(=O)[C@@]12O. The zero-order chi connectivity index (χ0) is 21.3. The molecular weight excluding hydrogens is 372 g/mol. The molecule has 0 aromatic heterocycles. The molecule has 1 saturated heterocycles. The Hall–Kier alpha value is -2.18. The van der Waals surface area contributed by atoms with Gasteiger partial charge in [-0.3, -0.25) is 0 Å². The molecule has 0 bridgehead atoms. The summed E-state index contributed by atoms with van der Waals surface area (Å²) < 4.78 is 11.0. The van der Waals surface area contributed by atoms with Gasteiger partial charge >= 0.3 is 11.9 Å². The summed E-state index contributed by atoms with van der Waals surface area (Å²) in [5.41, 5.74) is -2.15. The van der Waals surface area contributed by atoms with Crippen molar-refractivity contribution in [1.82, 2.24) is 0 Å². The van der Waals surface area contributed by atoms with Crippen LogP contribution in [0, 0.1) is 16.7 Å². The van der Waals surface area contributed by atoms with Gasteiger partial charge in [0.1, 0.15) is 12.7 Å². The summed E-state index contributed by atoms with van der Waals surface area (Å²) in [5, 5.41) is 20.1. The molecule has 0 aromatic carbocycles. The zero-order valence-electron chi connectivity index (χ0n) is 17.3. The van der Waals surface area contributed by atoms with Crippen molar-refractivity contribution in [1.29, 1.82) is 0 Å². The highest BCUT2D eigenvalue weighted by Crippen LogP contribution is 2.63. The van der Waals surface area contributed by atoms with Crippen molar-refractivity contribution in [2.75, 3.05) is 13.2 Å². The average Bonchev–Trinajstić information content (AvgIpc) is 2.94. The van der Waals surface area contributed by atoms with Gasteiger partial charge in [0.15, 0.2) is 5.60 Å². The molecule has 1 aliphatic heterocycles. The first-order chi connectivity index (χ1) is 13.7. The predicted octanol–water partition coefficient (Wildman–Crippen LogP) is 2.62. The number of hydrogen-bond donors (Lipinski definition) is 2. The maximum Gasteiger partial charge on any atom is 0.343 e. The summed E-state index contributed by atoms with van der Waals surface area (Å²) in [6.45, 7) is 6.11. The van der Waals surface area contributed by atoms with Gasteiger partial charge in [-0.05, 0) is 24.3 Å². The van der Waals surface area contributed by atoms with E-state index in [0.29, 0.717) is 12.0 Å². The quantitative estimate of drug-likeness (QED) is 0.318. The molecule has 6 nitrogen and oxygen atoms in total. The van der Waals surface area contributed by atoms with E-state index in [1.165, 1.54) is 6.08 Å². The second-order valence-electron chi connectivity index (χ2n) is 8.97. The number of allylic oxidation sites excluding steroid dienone is 4. The van der Waals surface area contributed by atoms with E-state index in [1.54, 1.807) is 36.5 Å².